The summed E-state index contributed by atoms with van der Waals surface area (Å²) in [6.07, 6.45) is 0.689. The summed E-state index contributed by atoms with van der Waals surface area (Å²) in [5.74, 6) is -1.93. The number of carbonyl (C=O) groups excluding carboxylic acids is 2. The van der Waals surface area contributed by atoms with Gasteiger partial charge in [0.05, 0.1) is 0 Å². The molecule has 0 aromatic heterocycles. The second-order valence-electron chi connectivity index (χ2n) is 4.40. The molecule has 2 unspecified atom stereocenters. The van der Waals surface area contributed by atoms with Crippen LogP contribution in [0.15, 0.2) is 18.2 Å². The number of hydrogen-bond acceptors (Lipinski definition) is 2. The standard InChI is InChI=1S/C13H13ClFNO2/c1-2-8-10(6-12(17)16-13(8)18)9-4-3-7(14)5-11(9)15/h3-5,8,10H,2,6H2,1H3,(H,16,17,18). The van der Waals surface area contributed by atoms with Gasteiger partial charge in [-0.3, -0.25) is 14.9 Å². The molecule has 1 N–H and O–H groups in total. The molecule has 2 atom stereocenters. The fourth-order valence-corrected chi connectivity index (χ4v) is 2.56. The molecule has 0 saturated carbocycles. The molecule has 1 fully saturated rings. The predicted molar refractivity (Wildman–Crippen MR) is 65.7 cm³/mol. The third-order valence-electron chi connectivity index (χ3n) is 3.29. The van der Waals surface area contributed by atoms with Crippen molar-refractivity contribution < 1.29 is 14.0 Å². The Morgan fingerprint density at radius 2 is 2.17 bits per heavy atom. The second-order valence-corrected chi connectivity index (χ2v) is 4.84. The number of halogens is 2. The predicted octanol–water partition coefficient (Wildman–Crippen LogP) is 2.64. The first-order chi connectivity index (χ1) is 8.52. The summed E-state index contributed by atoms with van der Waals surface area (Å²) >= 11 is 5.70. The first kappa shape index (κ1) is 13.0. The Kier molecular flexibility index (Phi) is 3.66. The Morgan fingerprint density at radius 1 is 1.44 bits per heavy atom. The number of benzene rings is 1. The Morgan fingerprint density at radius 3 is 2.78 bits per heavy atom. The van der Waals surface area contributed by atoms with Crippen molar-refractivity contribution >= 4 is 23.4 Å². The molecule has 1 aromatic rings. The number of rotatable bonds is 2. The SMILES string of the molecule is CCC1C(=O)NC(=O)CC1c1ccc(Cl)cc1F. The fourth-order valence-electron chi connectivity index (χ4n) is 2.40. The molecule has 1 aliphatic rings. The Balaban J connectivity index is 2.39. The van der Waals surface area contributed by atoms with Crippen molar-refractivity contribution in [1.82, 2.24) is 5.32 Å². The Bertz CT molecular complexity index is 504. The number of amides is 2. The van der Waals surface area contributed by atoms with E-state index in [4.69, 9.17) is 11.6 Å². The molecule has 0 aliphatic carbocycles. The van der Waals surface area contributed by atoms with Crippen LogP contribution in [0, 0.1) is 11.7 Å². The van der Waals surface area contributed by atoms with Crippen molar-refractivity contribution in [2.75, 3.05) is 0 Å². The number of piperidine rings is 1. The highest BCUT2D eigenvalue weighted by atomic mass is 35.5. The zero-order chi connectivity index (χ0) is 13.3. The zero-order valence-corrected chi connectivity index (χ0v) is 10.6. The van der Waals surface area contributed by atoms with Crippen molar-refractivity contribution in [2.24, 2.45) is 5.92 Å². The maximum Gasteiger partial charge on any atom is 0.230 e. The van der Waals surface area contributed by atoms with Crippen molar-refractivity contribution in [2.45, 2.75) is 25.7 Å². The molecule has 0 bridgehead atoms. The van der Waals surface area contributed by atoms with Gasteiger partial charge < -0.3 is 0 Å². The Labute approximate surface area is 109 Å². The molecule has 2 rings (SSSR count). The van der Waals surface area contributed by atoms with E-state index in [0.717, 1.165) is 0 Å². The van der Waals surface area contributed by atoms with Crippen LogP contribution in [0.4, 0.5) is 4.39 Å². The van der Waals surface area contributed by atoms with Crippen LogP contribution >= 0.6 is 11.6 Å². The number of carbonyl (C=O) groups is 2. The molecular weight excluding hydrogens is 257 g/mol. The summed E-state index contributed by atoms with van der Waals surface area (Å²) in [4.78, 5) is 23.1. The Hall–Kier alpha value is -1.42. The summed E-state index contributed by atoms with van der Waals surface area (Å²) in [7, 11) is 0. The molecule has 1 aliphatic heterocycles. The summed E-state index contributed by atoms with van der Waals surface area (Å²) in [5, 5.41) is 2.59. The topological polar surface area (TPSA) is 46.2 Å². The molecule has 3 nitrogen and oxygen atoms in total. The largest absolute Gasteiger partial charge is 0.296 e. The normalized spacial score (nSPS) is 23.9. The molecule has 1 heterocycles. The molecule has 1 aromatic carbocycles. The highest BCUT2D eigenvalue weighted by Crippen LogP contribution is 2.35. The number of hydrogen-bond donors (Lipinski definition) is 1. The van der Waals surface area contributed by atoms with Crippen LogP contribution in [0.5, 0.6) is 0 Å². The summed E-state index contributed by atoms with van der Waals surface area (Å²) in [5.41, 5.74) is 0.384. The van der Waals surface area contributed by atoms with Gasteiger partial charge >= 0.3 is 0 Å². The van der Waals surface area contributed by atoms with Gasteiger partial charge in [-0.25, -0.2) is 4.39 Å². The van der Waals surface area contributed by atoms with Gasteiger partial charge in [0.1, 0.15) is 5.82 Å². The lowest BCUT2D eigenvalue weighted by atomic mass is 9.79. The van der Waals surface area contributed by atoms with Crippen LogP contribution in [0.3, 0.4) is 0 Å². The first-order valence-corrected chi connectivity index (χ1v) is 6.19. The van der Waals surface area contributed by atoms with Crippen molar-refractivity contribution in [3.05, 3.63) is 34.6 Å². The highest BCUT2D eigenvalue weighted by Gasteiger charge is 2.36. The van der Waals surface area contributed by atoms with Gasteiger partial charge in [0.25, 0.3) is 0 Å². The van der Waals surface area contributed by atoms with Gasteiger partial charge in [-0.1, -0.05) is 24.6 Å². The van der Waals surface area contributed by atoms with Crippen LogP contribution in [-0.4, -0.2) is 11.8 Å². The van der Waals surface area contributed by atoms with Crippen molar-refractivity contribution in [1.29, 1.82) is 0 Å². The molecule has 18 heavy (non-hydrogen) atoms. The summed E-state index contributed by atoms with van der Waals surface area (Å²) in [6.45, 7) is 1.85. The highest BCUT2D eigenvalue weighted by molar-refractivity contribution is 6.30. The van der Waals surface area contributed by atoms with E-state index in [-0.39, 0.29) is 24.2 Å². The third-order valence-corrected chi connectivity index (χ3v) is 3.53. The zero-order valence-electron chi connectivity index (χ0n) is 9.87. The lowest BCUT2D eigenvalue weighted by Crippen LogP contribution is -2.44. The average Bonchev–Trinajstić information content (AvgIpc) is 2.28. The van der Waals surface area contributed by atoms with Gasteiger partial charge in [-0.2, -0.15) is 0 Å². The lowest BCUT2D eigenvalue weighted by molar-refractivity contribution is -0.137. The first-order valence-electron chi connectivity index (χ1n) is 5.81. The van der Waals surface area contributed by atoms with E-state index >= 15 is 0 Å². The van der Waals surface area contributed by atoms with E-state index < -0.39 is 11.7 Å². The van der Waals surface area contributed by atoms with E-state index in [1.165, 1.54) is 6.07 Å². The van der Waals surface area contributed by atoms with Crippen LogP contribution in [0.1, 0.15) is 31.2 Å². The molecule has 96 valence electrons. The molecule has 0 spiro atoms. The second kappa shape index (κ2) is 5.06. The minimum absolute atomic E-state index is 0.128. The van der Waals surface area contributed by atoms with E-state index in [9.17, 15) is 14.0 Å². The van der Waals surface area contributed by atoms with E-state index in [0.29, 0.717) is 17.0 Å². The van der Waals surface area contributed by atoms with Crippen LogP contribution in [0.25, 0.3) is 0 Å². The third kappa shape index (κ3) is 2.38. The number of nitrogens with one attached hydrogen (secondary N) is 1. The molecule has 1 saturated heterocycles. The van der Waals surface area contributed by atoms with Crippen molar-refractivity contribution in [3.63, 3.8) is 0 Å². The van der Waals surface area contributed by atoms with Gasteiger partial charge in [0, 0.05) is 23.3 Å². The monoisotopic (exact) mass is 269 g/mol. The summed E-state index contributed by atoms with van der Waals surface area (Å²) < 4.78 is 13.9. The quantitative estimate of drug-likeness (QED) is 0.839. The van der Waals surface area contributed by atoms with Gasteiger partial charge in [0.2, 0.25) is 11.8 Å². The molecular formula is C13H13ClFNO2. The van der Waals surface area contributed by atoms with Gasteiger partial charge in [0.15, 0.2) is 0 Å². The van der Waals surface area contributed by atoms with Gasteiger partial charge in [-0.05, 0) is 24.1 Å². The average molecular weight is 270 g/mol. The maximum atomic E-state index is 13.9. The number of imide groups is 1. The van der Waals surface area contributed by atoms with Crippen LogP contribution < -0.4 is 5.32 Å². The van der Waals surface area contributed by atoms with Crippen LogP contribution in [-0.2, 0) is 9.59 Å². The summed E-state index contributed by atoms with van der Waals surface area (Å²) in [6, 6.07) is 4.33. The van der Waals surface area contributed by atoms with E-state index in [1.807, 2.05) is 6.92 Å². The smallest absolute Gasteiger partial charge is 0.230 e. The maximum absolute atomic E-state index is 13.9. The van der Waals surface area contributed by atoms with Gasteiger partial charge in [-0.15, -0.1) is 0 Å². The fraction of sp³-hybridized carbons (Fsp3) is 0.385. The minimum Gasteiger partial charge on any atom is -0.296 e. The lowest BCUT2D eigenvalue weighted by Gasteiger charge is -2.29. The van der Waals surface area contributed by atoms with Crippen molar-refractivity contribution in [3.8, 4) is 0 Å². The van der Waals surface area contributed by atoms with E-state index in [2.05, 4.69) is 5.32 Å². The molecule has 0 radical (unpaired) electrons. The van der Waals surface area contributed by atoms with Crippen LogP contribution in [0.2, 0.25) is 5.02 Å². The minimum atomic E-state index is -0.464. The molecule has 5 heteroatoms. The molecule has 2 amide bonds. The van der Waals surface area contributed by atoms with E-state index in [1.54, 1.807) is 12.1 Å².